The van der Waals surface area contributed by atoms with Crippen LogP contribution in [0.3, 0.4) is 0 Å². The van der Waals surface area contributed by atoms with Crippen LogP contribution in [0.1, 0.15) is 12.0 Å². The Kier molecular flexibility index (Phi) is 8.94. The lowest BCUT2D eigenvalue weighted by Gasteiger charge is -2.36. The molecule has 1 saturated heterocycles. The summed E-state index contributed by atoms with van der Waals surface area (Å²) in [6, 6.07) is 14.9. The van der Waals surface area contributed by atoms with Gasteiger partial charge in [-0.2, -0.15) is 0 Å². The Morgan fingerprint density at radius 3 is 2.52 bits per heavy atom. The van der Waals surface area contributed by atoms with Gasteiger partial charge in [-0.15, -0.1) is 11.8 Å². The lowest BCUT2D eigenvalue weighted by atomic mass is 10.2. The molecule has 0 unspecified atom stereocenters. The number of para-hydroxylation sites is 1. The van der Waals surface area contributed by atoms with Gasteiger partial charge in [-0.3, -0.25) is 19.7 Å². The zero-order valence-corrected chi connectivity index (χ0v) is 19.4. The summed E-state index contributed by atoms with van der Waals surface area (Å²) in [5.41, 5.74) is 1.81. The quantitative estimate of drug-likeness (QED) is 0.419. The molecule has 1 heterocycles. The van der Waals surface area contributed by atoms with E-state index in [9.17, 15) is 19.7 Å². The van der Waals surface area contributed by atoms with Gasteiger partial charge in [-0.05, 0) is 23.8 Å². The third-order valence-electron chi connectivity index (χ3n) is 5.36. The number of carbonyl (C=O) groups excluding carboxylic acids is 2. The zero-order chi connectivity index (χ0) is 23.6. The lowest BCUT2D eigenvalue weighted by Crippen LogP contribution is -2.49. The first-order valence-electron chi connectivity index (χ1n) is 10.7. The Hall–Kier alpha value is -3.27. The van der Waals surface area contributed by atoms with Gasteiger partial charge >= 0.3 is 5.69 Å². The summed E-state index contributed by atoms with van der Waals surface area (Å²) >= 11 is 1.36. The van der Waals surface area contributed by atoms with Crippen LogP contribution in [0.4, 0.5) is 11.4 Å². The number of benzene rings is 2. The monoisotopic (exact) mass is 472 g/mol. The first kappa shape index (κ1) is 24.4. The Balaban J connectivity index is 1.32. The highest BCUT2D eigenvalue weighted by Crippen LogP contribution is 2.29. The van der Waals surface area contributed by atoms with Gasteiger partial charge in [-0.1, -0.05) is 24.3 Å². The molecule has 1 aliphatic heterocycles. The van der Waals surface area contributed by atoms with Crippen LogP contribution < -0.4 is 15.0 Å². The maximum absolute atomic E-state index is 12.4. The fourth-order valence-corrected chi connectivity index (χ4v) is 4.41. The van der Waals surface area contributed by atoms with Crippen molar-refractivity contribution in [1.29, 1.82) is 0 Å². The molecule has 0 spiro atoms. The van der Waals surface area contributed by atoms with E-state index in [1.807, 2.05) is 23.1 Å². The van der Waals surface area contributed by atoms with E-state index in [0.29, 0.717) is 25.4 Å². The highest BCUT2D eigenvalue weighted by molar-refractivity contribution is 7.99. The van der Waals surface area contributed by atoms with Gasteiger partial charge in [0.2, 0.25) is 11.8 Å². The predicted octanol–water partition coefficient (Wildman–Crippen LogP) is 2.69. The molecule has 0 saturated carbocycles. The Morgan fingerprint density at radius 1 is 1.12 bits per heavy atom. The van der Waals surface area contributed by atoms with Crippen molar-refractivity contribution in [2.24, 2.45) is 0 Å². The van der Waals surface area contributed by atoms with Crippen molar-refractivity contribution in [1.82, 2.24) is 10.2 Å². The number of ether oxygens (including phenoxy) is 1. The molecule has 2 aromatic carbocycles. The van der Waals surface area contributed by atoms with E-state index in [0.717, 1.165) is 18.7 Å². The second-order valence-electron chi connectivity index (χ2n) is 7.56. The highest BCUT2D eigenvalue weighted by atomic mass is 32.2. The Labute approximate surface area is 197 Å². The minimum Gasteiger partial charge on any atom is -0.490 e. The number of hydrogen-bond donors (Lipinski definition) is 1. The molecule has 9 nitrogen and oxygen atoms in total. The third-order valence-corrected chi connectivity index (χ3v) is 6.36. The van der Waals surface area contributed by atoms with E-state index >= 15 is 0 Å². The van der Waals surface area contributed by atoms with E-state index in [1.54, 1.807) is 12.1 Å². The summed E-state index contributed by atoms with van der Waals surface area (Å²) in [5.74, 6) is 0.760. The number of piperazine rings is 1. The zero-order valence-electron chi connectivity index (χ0n) is 18.6. The van der Waals surface area contributed by atoms with Crippen LogP contribution in [0.5, 0.6) is 5.75 Å². The molecule has 1 N–H and O–H groups in total. The standard InChI is InChI=1S/C23H28N4O5S/c1-32-21-8-7-18(15-20(21)27(30)31)16-33-17-22(28)24-10-9-23(29)26-13-11-25(12-14-26)19-5-3-2-4-6-19/h2-8,15H,9-14,16-17H2,1H3,(H,24,28). The van der Waals surface area contributed by atoms with Crippen molar-refractivity contribution in [2.75, 3.05) is 50.5 Å². The molecule has 1 aliphatic rings. The number of nitro benzene ring substituents is 1. The molecule has 3 rings (SSSR count). The Morgan fingerprint density at radius 2 is 1.85 bits per heavy atom. The molecular weight excluding hydrogens is 444 g/mol. The number of methoxy groups -OCH3 is 1. The van der Waals surface area contributed by atoms with Gasteiger partial charge in [0, 0.05) is 56.7 Å². The maximum atomic E-state index is 12.4. The molecule has 33 heavy (non-hydrogen) atoms. The highest BCUT2D eigenvalue weighted by Gasteiger charge is 2.21. The fraction of sp³-hybridized carbons (Fsp3) is 0.391. The van der Waals surface area contributed by atoms with Gasteiger partial charge in [-0.25, -0.2) is 0 Å². The number of nitro groups is 1. The molecule has 10 heteroatoms. The predicted molar refractivity (Wildman–Crippen MR) is 129 cm³/mol. The van der Waals surface area contributed by atoms with E-state index in [4.69, 9.17) is 4.74 Å². The lowest BCUT2D eigenvalue weighted by molar-refractivity contribution is -0.385. The maximum Gasteiger partial charge on any atom is 0.311 e. The fourth-order valence-electron chi connectivity index (χ4n) is 3.60. The molecule has 0 atom stereocenters. The average Bonchev–Trinajstić information content (AvgIpc) is 2.84. The van der Waals surface area contributed by atoms with E-state index in [-0.39, 0.29) is 35.4 Å². The summed E-state index contributed by atoms with van der Waals surface area (Å²) in [4.78, 5) is 39.2. The number of carbonyl (C=O) groups is 2. The molecule has 2 aromatic rings. The number of rotatable bonds is 10. The number of anilines is 1. The van der Waals surface area contributed by atoms with Gasteiger partial charge in [0.25, 0.3) is 0 Å². The summed E-state index contributed by atoms with van der Waals surface area (Å²) in [6.45, 7) is 3.23. The van der Waals surface area contributed by atoms with Gasteiger partial charge in [0.15, 0.2) is 5.75 Å². The first-order valence-corrected chi connectivity index (χ1v) is 11.9. The molecule has 176 valence electrons. The SMILES string of the molecule is COc1ccc(CSCC(=O)NCCC(=O)N2CCN(c3ccccc3)CC2)cc1[N+](=O)[O-]. The van der Waals surface area contributed by atoms with Crippen LogP contribution in [0.25, 0.3) is 0 Å². The van der Waals surface area contributed by atoms with Crippen LogP contribution in [0.15, 0.2) is 48.5 Å². The average molecular weight is 473 g/mol. The summed E-state index contributed by atoms with van der Waals surface area (Å²) in [6.07, 6.45) is 0.270. The second kappa shape index (κ2) is 12.1. The number of thioether (sulfide) groups is 1. The van der Waals surface area contributed by atoms with Gasteiger partial charge in [0.1, 0.15) is 0 Å². The summed E-state index contributed by atoms with van der Waals surface area (Å²) in [5, 5.41) is 13.9. The number of hydrogen-bond acceptors (Lipinski definition) is 7. The van der Waals surface area contributed by atoms with Gasteiger partial charge in [0.05, 0.1) is 17.8 Å². The molecule has 0 aromatic heterocycles. The van der Waals surface area contributed by atoms with Crippen LogP contribution in [0, 0.1) is 10.1 Å². The van der Waals surface area contributed by atoms with Crippen molar-refractivity contribution in [3.05, 3.63) is 64.2 Å². The van der Waals surface area contributed by atoms with Crippen molar-refractivity contribution >= 4 is 35.0 Å². The smallest absolute Gasteiger partial charge is 0.311 e. The molecule has 0 bridgehead atoms. The Bertz CT molecular complexity index is 965. The van der Waals surface area contributed by atoms with E-state index in [1.165, 1.54) is 30.6 Å². The third kappa shape index (κ3) is 7.11. The molecule has 1 fully saturated rings. The first-order chi connectivity index (χ1) is 16.0. The van der Waals surface area contributed by atoms with E-state index < -0.39 is 4.92 Å². The number of nitrogens with one attached hydrogen (secondary N) is 1. The topological polar surface area (TPSA) is 105 Å². The normalized spacial score (nSPS) is 13.5. The summed E-state index contributed by atoms with van der Waals surface area (Å²) in [7, 11) is 1.39. The van der Waals surface area contributed by atoms with Crippen LogP contribution in [-0.4, -0.2) is 67.2 Å². The molecule has 2 amide bonds. The van der Waals surface area contributed by atoms with Crippen molar-refractivity contribution < 1.29 is 19.2 Å². The second-order valence-corrected chi connectivity index (χ2v) is 8.55. The minimum atomic E-state index is -0.488. The molecule has 0 radical (unpaired) electrons. The molecular formula is C23H28N4O5S. The van der Waals surface area contributed by atoms with Gasteiger partial charge < -0.3 is 19.9 Å². The van der Waals surface area contributed by atoms with Crippen LogP contribution in [0.2, 0.25) is 0 Å². The largest absolute Gasteiger partial charge is 0.490 e. The van der Waals surface area contributed by atoms with Crippen molar-refractivity contribution in [3.8, 4) is 5.75 Å². The van der Waals surface area contributed by atoms with E-state index in [2.05, 4.69) is 22.3 Å². The summed E-state index contributed by atoms with van der Waals surface area (Å²) < 4.78 is 4.99. The van der Waals surface area contributed by atoms with Crippen LogP contribution >= 0.6 is 11.8 Å². The number of amides is 2. The van der Waals surface area contributed by atoms with Crippen molar-refractivity contribution in [3.63, 3.8) is 0 Å². The van der Waals surface area contributed by atoms with Crippen molar-refractivity contribution in [2.45, 2.75) is 12.2 Å². The minimum absolute atomic E-state index is 0.0428. The number of nitrogens with zero attached hydrogens (tertiary/aromatic N) is 3. The molecule has 0 aliphatic carbocycles. The van der Waals surface area contributed by atoms with Crippen LogP contribution in [-0.2, 0) is 15.3 Å².